The maximum absolute atomic E-state index is 5.25. The van der Waals surface area contributed by atoms with Crippen LogP contribution < -0.4 is 0 Å². The Morgan fingerprint density at radius 3 is 1.62 bits per heavy atom. The summed E-state index contributed by atoms with van der Waals surface area (Å²) in [7, 11) is 0. The Bertz CT molecular complexity index is 82.2. The van der Waals surface area contributed by atoms with E-state index in [1.54, 1.807) is 0 Å². The molecule has 0 spiro atoms. The molecule has 0 aliphatic carbocycles. The van der Waals surface area contributed by atoms with Gasteiger partial charge in [-0.25, -0.2) is 0 Å². The van der Waals surface area contributed by atoms with Crippen LogP contribution in [0.2, 0.25) is 0 Å². The molecule has 5 heteroatoms. The van der Waals surface area contributed by atoms with Crippen molar-refractivity contribution in [1.29, 1.82) is 0 Å². The molecule has 0 aromatic rings. The normalized spacial score (nSPS) is 10.3. The van der Waals surface area contributed by atoms with E-state index in [0.717, 1.165) is 13.2 Å². The maximum Gasteiger partial charge on any atom is 0.649 e. The summed E-state index contributed by atoms with van der Waals surface area (Å²) in [5.74, 6) is 0. The van der Waals surface area contributed by atoms with E-state index in [1.807, 2.05) is 13.8 Å². The monoisotopic (exact) mass is 206 g/mol. The van der Waals surface area contributed by atoms with Crippen LogP contribution in [0.1, 0.15) is 13.8 Å². The van der Waals surface area contributed by atoms with Gasteiger partial charge < -0.3 is 17.1 Å². The zero-order valence-corrected chi connectivity index (χ0v) is 10.00. The minimum Gasteiger partial charge on any atom is -0.479 e. The molecule has 0 radical (unpaired) electrons. The summed E-state index contributed by atoms with van der Waals surface area (Å²) in [6.07, 6.45) is 0. The molecule has 0 aromatic carbocycles. The summed E-state index contributed by atoms with van der Waals surface area (Å²) in [6.45, 7) is 8.05. The van der Waals surface area contributed by atoms with Crippen LogP contribution in [0.3, 0.4) is 0 Å². The molecule has 0 rings (SSSR count). The van der Waals surface area contributed by atoms with Gasteiger partial charge in [0.1, 0.15) is 0 Å². The molecule has 0 saturated heterocycles. The average molecular weight is 206 g/mol. The lowest BCUT2D eigenvalue weighted by Crippen LogP contribution is -2.13. The second-order valence-electron chi connectivity index (χ2n) is 2.33. The summed E-state index contributed by atoms with van der Waals surface area (Å²) < 4.78 is 20.7. The van der Waals surface area contributed by atoms with Crippen LogP contribution in [0.5, 0.6) is 0 Å². The molecule has 0 unspecified atom stereocenters. The Labute approximate surface area is 86.9 Å². The number of ether oxygens (including phenoxy) is 2. The van der Waals surface area contributed by atoms with E-state index in [-0.39, 0.29) is 0 Å². The van der Waals surface area contributed by atoms with E-state index in [1.165, 1.54) is 0 Å². The fourth-order valence-electron chi connectivity index (χ4n) is 0.701. The van der Waals surface area contributed by atoms with Gasteiger partial charge in [0.2, 0.25) is 0 Å². The fraction of sp³-hybridized carbons (Fsp3) is 1.00. The Hall–Kier alpha value is 0.372. The Morgan fingerprint density at radius 1 is 0.769 bits per heavy atom. The number of hydrogen-bond donors (Lipinski definition) is 0. The van der Waals surface area contributed by atoms with Crippen LogP contribution in [-0.2, 0) is 17.1 Å². The molecule has 0 aromatic heterocycles. The van der Waals surface area contributed by atoms with Crippen molar-refractivity contribution in [3.63, 3.8) is 0 Å². The highest BCUT2D eigenvalue weighted by atomic mass is 27.2. The molecule has 0 amide bonds. The molecule has 0 saturated carbocycles. The van der Waals surface area contributed by atoms with Crippen molar-refractivity contribution in [2.24, 2.45) is 0 Å². The zero-order valence-electron chi connectivity index (χ0n) is 8.58. The van der Waals surface area contributed by atoms with Gasteiger partial charge >= 0.3 is 15.9 Å². The van der Waals surface area contributed by atoms with Gasteiger partial charge in [0.15, 0.2) is 0 Å². The van der Waals surface area contributed by atoms with Gasteiger partial charge in [-0.15, -0.1) is 0 Å². The fourth-order valence-corrected chi connectivity index (χ4v) is 1.29. The van der Waals surface area contributed by atoms with Crippen molar-refractivity contribution >= 4 is 15.9 Å². The first-order valence-electron chi connectivity index (χ1n) is 4.72. The minimum absolute atomic E-state index is 0.648. The van der Waals surface area contributed by atoms with E-state index in [2.05, 4.69) is 0 Å². The van der Waals surface area contributed by atoms with Crippen LogP contribution in [0.4, 0.5) is 0 Å². The summed E-state index contributed by atoms with van der Waals surface area (Å²) in [4.78, 5) is 0. The SMILES string of the molecule is CCOCC[O][AlH][O]CCOCC. The highest BCUT2D eigenvalue weighted by molar-refractivity contribution is 6.17. The third-order valence-electron chi connectivity index (χ3n) is 1.32. The lowest BCUT2D eigenvalue weighted by Gasteiger charge is -2.04. The van der Waals surface area contributed by atoms with E-state index in [9.17, 15) is 0 Å². The second kappa shape index (κ2) is 12.4. The van der Waals surface area contributed by atoms with Crippen LogP contribution in [-0.4, -0.2) is 55.5 Å². The summed E-state index contributed by atoms with van der Waals surface area (Å²) in [6, 6.07) is 0. The number of hydrogen-bond acceptors (Lipinski definition) is 4. The standard InChI is InChI=1S/2C4H9O2.Al.H/c2*1-2-6-4-3-5;;/h2*2-4H2,1H3;;/q2*-1;+2;. The molecule has 0 bridgehead atoms. The predicted molar refractivity (Wildman–Crippen MR) is 52.0 cm³/mol. The van der Waals surface area contributed by atoms with Crippen LogP contribution in [0.25, 0.3) is 0 Å². The molecule has 13 heavy (non-hydrogen) atoms. The van der Waals surface area contributed by atoms with Gasteiger partial charge in [0.25, 0.3) is 0 Å². The van der Waals surface area contributed by atoms with E-state index >= 15 is 0 Å². The van der Waals surface area contributed by atoms with E-state index in [0.29, 0.717) is 26.4 Å². The first-order chi connectivity index (χ1) is 6.41. The molecular formula is C8H19AlO4. The van der Waals surface area contributed by atoms with Gasteiger partial charge in [-0.2, -0.15) is 0 Å². The molecule has 0 aliphatic rings. The summed E-state index contributed by atoms with van der Waals surface area (Å²) >= 11 is -0.805. The molecule has 0 N–H and O–H groups in total. The van der Waals surface area contributed by atoms with Crippen molar-refractivity contribution in [1.82, 2.24) is 0 Å². The Kier molecular flexibility index (Phi) is 12.7. The topological polar surface area (TPSA) is 36.9 Å². The lowest BCUT2D eigenvalue weighted by molar-refractivity contribution is 0.0831. The van der Waals surface area contributed by atoms with Gasteiger partial charge in [0, 0.05) is 26.4 Å². The predicted octanol–water partition coefficient (Wildman–Crippen LogP) is 0.359. The van der Waals surface area contributed by atoms with Crippen LogP contribution >= 0.6 is 0 Å². The van der Waals surface area contributed by atoms with Crippen molar-refractivity contribution in [3.8, 4) is 0 Å². The number of rotatable bonds is 10. The molecular weight excluding hydrogens is 187 g/mol. The molecule has 0 fully saturated rings. The third kappa shape index (κ3) is 12.4. The van der Waals surface area contributed by atoms with E-state index < -0.39 is 15.9 Å². The molecule has 78 valence electrons. The molecule has 0 aliphatic heterocycles. The summed E-state index contributed by atoms with van der Waals surface area (Å²) in [5.41, 5.74) is 0. The highest BCUT2D eigenvalue weighted by Crippen LogP contribution is 1.79. The molecule has 0 heterocycles. The van der Waals surface area contributed by atoms with Crippen LogP contribution in [0, 0.1) is 0 Å². The van der Waals surface area contributed by atoms with Gasteiger partial charge in [0.05, 0.1) is 13.2 Å². The maximum atomic E-state index is 5.25. The average Bonchev–Trinajstić information content (AvgIpc) is 2.16. The zero-order chi connectivity index (χ0) is 9.78. The van der Waals surface area contributed by atoms with Gasteiger partial charge in [-0.05, 0) is 13.8 Å². The molecule has 4 nitrogen and oxygen atoms in total. The minimum atomic E-state index is -0.805. The Morgan fingerprint density at radius 2 is 1.23 bits per heavy atom. The van der Waals surface area contributed by atoms with Crippen molar-refractivity contribution in [2.45, 2.75) is 13.8 Å². The van der Waals surface area contributed by atoms with Crippen molar-refractivity contribution in [2.75, 3.05) is 39.6 Å². The lowest BCUT2D eigenvalue weighted by atomic mass is 10.8. The van der Waals surface area contributed by atoms with Gasteiger partial charge in [-0.1, -0.05) is 0 Å². The first-order valence-corrected chi connectivity index (χ1v) is 5.88. The van der Waals surface area contributed by atoms with Gasteiger partial charge in [-0.3, -0.25) is 0 Å². The third-order valence-corrected chi connectivity index (χ3v) is 2.23. The second-order valence-corrected chi connectivity index (χ2v) is 3.38. The smallest absolute Gasteiger partial charge is 0.479 e. The quantitative estimate of drug-likeness (QED) is 0.382. The van der Waals surface area contributed by atoms with E-state index in [4.69, 9.17) is 17.1 Å². The van der Waals surface area contributed by atoms with Crippen LogP contribution in [0.15, 0.2) is 0 Å². The van der Waals surface area contributed by atoms with Crippen molar-refractivity contribution in [3.05, 3.63) is 0 Å². The Balaban J connectivity index is 2.76. The highest BCUT2D eigenvalue weighted by Gasteiger charge is 1.96. The summed E-state index contributed by atoms with van der Waals surface area (Å²) in [5, 5.41) is 0. The largest absolute Gasteiger partial charge is 0.649 e. The molecule has 0 atom stereocenters. The first kappa shape index (κ1) is 13.4. The van der Waals surface area contributed by atoms with Crippen molar-refractivity contribution < 1.29 is 17.1 Å².